The fraction of sp³-hybridized carbons (Fsp3) is 0.786. The molecule has 0 aliphatic heterocycles. The molecule has 1 aliphatic rings. The summed E-state index contributed by atoms with van der Waals surface area (Å²) in [6, 6.07) is -0.301. The van der Waals surface area contributed by atoms with Crippen LogP contribution < -0.4 is 5.32 Å². The molecule has 1 amide bonds. The van der Waals surface area contributed by atoms with Gasteiger partial charge in [-0.1, -0.05) is 24.9 Å². The Morgan fingerprint density at radius 2 is 2.20 bits per heavy atom. The van der Waals surface area contributed by atoms with Crippen molar-refractivity contribution in [2.24, 2.45) is 0 Å². The minimum Gasteiger partial charge on any atom is -0.365 e. The van der Waals surface area contributed by atoms with Gasteiger partial charge in [-0.2, -0.15) is 4.98 Å². The molecule has 1 fully saturated rings. The van der Waals surface area contributed by atoms with Crippen molar-refractivity contribution in [2.75, 3.05) is 0 Å². The summed E-state index contributed by atoms with van der Waals surface area (Å²) in [5, 5.41) is 6.60. The van der Waals surface area contributed by atoms with Crippen LogP contribution in [0.5, 0.6) is 0 Å². The van der Waals surface area contributed by atoms with Gasteiger partial charge in [-0.3, -0.25) is 4.79 Å². The van der Waals surface area contributed by atoms with Gasteiger partial charge in [-0.05, 0) is 33.1 Å². The van der Waals surface area contributed by atoms with Gasteiger partial charge in [0.25, 0.3) is 0 Å². The number of hydrogen-bond acceptors (Lipinski definition) is 5. The van der Waals surface area contributed by atoms with Crippen molar-refractivity contribution in [1.82, 2.24) is 15.5 Å². The normalized spacial score (nSPS) is 18.9. The minimum atomic E-state index is -0.399. The maximum absolute atomic E-state index is 12.2. The van der Waals surface area contributed by atoms with E-state index in [4.69, 9.17) is 9.26 Å². The monoisotopic (exact) mass is 281 g/mol. The third-order valence-electron chi connectivity index (χ3n) is 3.59. The third-order valence-corrected chi connectivity index (χ3v) is 3.59. The summed E-state index contributed by atoms with van der Waals surface area (Å²) in [6.45, 7) is 5.54. The molecule has 2 rings (SSSR count). The number of aryl methyl sites for hydroxylation is 1. The molecule has 1 heterocycles. The topological polar surface area (TPSA) is 77.2 Å². The molecule has 20 heavy (non-hydrogen) atoms. The van der Waals surface area contributed by atoms with E-state index in [2.05, 4.69) is 15.5 Å². The van der Waals surface area contributed by atoms with Crippen LogP contribution in [-0.4, -0.2) is 28.3 Å². The van der Waals surface area contributed by atoms with Crippen molar-refractivity contribution in [2.45, 2.75) is 71.1 Å². The predicted octanol–water partition coefficient (Wildman–Crippen LogP) is 2.29. The molecule has 1 N–H and O–H groups in total. The van der Waals surface area contributed by atoms with E-state index >= 15 is 0 Å². The smallest absolute Gasteiger partial charge is 0.249 e. The predicted molar refractivity (Wildman–Crippen MR) is 73.0 cm³/mol. The minimum absolute atomic E-state index is 0.109. The van der Waals surface area contributed by atoms with Crippen molar-refractivity contribution < 1.29 is 14.1 Å². The quantitative estimate of drug-likeness (QED) is 0.865. The zero-order chi connectivity index (χ0) is 14.5. The third kappa shape index (κ3) is 3.79. The van der Waals surface area contributed by atoms with Crippen LogP contribution in [0.2, 0.25) is 0 Å². The molecule has 0 saturated heterocycles. The first-order chi connectivity index (χ1) is 9.60. The largest absolute Gasteiger partial charge is 0.365 e. The molecular formula is C14H23N3O3. The number of hydrogen-bond donors (Lipinski definition) is 1. The molecule has 0 unspecified atom stereocenters. The first-order valence-corrected chi connectivity index (χ1v) is 7.36. The lowest BCUT2D eigenvalue weighted by molar-refractivity contribution is -0.137. The van der Waals surface area contributed by atoms with Gasteiger partial charge in [0.1, 0.15) is 12.1 Å². The van der Waals surface area contributed by atoms with E-state index in [1.165, 1.54) is 12.8 Å². The summed E-state index contributed by atoms with van der Waals surface area (Å²) in [6.07, 6.45) is 5.00. The van der Waals surface area contributed by atoms with Crippen LogP contribution in [0.4, 0.5) is 0 Å². The molecule has 6 heteroatoms. The number of aromatic nitrogens is 2. The van der Waals surface area contributed by atoms with Gasteiger partial charge < -0.3 is 14.6 Å². The summed E-state index contributed by atoms with van der Waals surface area (Å²) >= 11 is 0. The fourth-order valence-electron chi connectivity index (χ4n) is 2.46. The molecule has 1 aromatic heterocycles. The SMILES string of the molecule is CC[C@H](OC1CCCC1)C(=O)N[C@@H](C)c1nc(C)no1. The summed E-state index contributed by atoms with van der Waals surface area (Å²) in [5.74, 6) is 0.879. The lowest BCUT2D eigenvalue weighted by Crippen LogP contribution is -2.39. The van der Waals surface area contributed by atoms with Gasteiger partial charge in [0.15, 0.2) is 5.82 Å². The van der Waals surface area contributed by atoms with E-state index in [0.717, 1.165) is 12.8 Å². The summed E-state index contributed by atoms with van der Waals surface area (Å²) in [7, 11) is 0. The van der Waals surface area contributed by atoms with E-state index < -0.39 is 6.10 Å². The average Bonchev–Trinajstić information content (AvgIpc) is 3.06. The first-order valence-electron chi connectivity index (χ1n) is 7.36. The Morgan fingerprint density at radius 1 is 1.50 bits per heavy atom. The highest BCUT2D eigenvalue weighted by Gasteiger charge is 2.26. The second-order valence-electron chi connectivity index (χ2n) is 5.35. The van der Waals surface area contributed by atoms with Gasteiger partial charge in [-0.25, -0.2) is 0 Å². The summed E-state index contributed by atoms with van der Waals surface area (Å²) in [5.41, 5.74) is 0. The van der Waals surface area contributed by atoms with E-state index in [1.54, 1.807) is 6.92 Å². The van der Waals surface area contributed by atoms with Crippen LogP contribution in [0.15, 0.2) is 4.52 Å². The van der Waals surface area contributed by atoms with E-state index in [-0.39, 0.29) is 18.1 Å². The number of nitrogens with zero attached hydrogens (tertiary/aromatic N) is 2. The van der Waals surface area contributed by atoms with Crippen molar-refractivity contribution >= 4 is 5.91 Å². The maximum Gasteiger partial charge on any atom is 0.249 e. The Balaban J connectivity index is 1.87. The van der Waals surface area contributed by atoms with E-state index in [9.17, 15) is 4.79 Å². The zero-order valence-corrected chi connectivity index (χ0v) is 12.4. The Bertz CT molecular complexity index is 441. The Kier molecular flexibility index (Phi) is 5.11. The van der Waals surface area contributed by atoms with Crippen LogP contribution in [0.1, 0.15) is 63.7 Å². The molecule has 2 atom stereocenters. The van der Waals surface area contributed by atoms with Crippen LogP contribution in [0.25, 0.3) is 0 Å². The molecule has 112 valence electrons. The second kappa shape index (κ2) is 6.83. The molecule has 0 radical (unpaired) electrons. The van der Waals surface area contributed by atoms with E-state index in [0.29, 0.717) is 18.1 Å². The standard InChI is InChI=1S/C14H23N3O3/c1-4-12(19-11-7-5-6-8-11)13(18)15-9(2)14-16-10(3)17-20-14/h9,11-12H,4-8H2,1-3H3,(H,15,18)/t9-,12-/m0/s1. The Hall–Kier alpha value is -1.43. The van der Waals surface area contributed by atoms with Crippen LogP contribution >= 0.6 is 0 Å². The molecule has 6 nitrogen and oxygen atoms in total. The van der Waals surface area contributed by atoms with Crippen LogP contribution in [-0.2, 0) is 9.53 Å². The summed E-state index contributed by atoms with van der Waals surface area (Å²) < 4.78 is 10.9. The number of rotatable bonds is 6. The number of amides is 1. The Morgan fingerprint density at radius 3 is 2.75 bits per heavy atom. The number of ether oxygens (including phenoxy) is 1. The zero-order valence-electron chi connectivity index (χ0n) is 12.4. The number of carbonyl (C=O) groups is 1. The van der Waals surface area contributed by atoms with Gasteiger partial charge in [0, 0.05) is 0 Å². The molecule has 1 aliphatic carbocycles. The first kappa shape index (κ1) is 15.0. The van der Waals surface area contributed by atoms with Gasteiger partial charge in [0.05, 0.1) is 6.10 Å². The van der Waals surface area contributed by atoms with Gasteiger partial charge in [0.2, 0.25) is 11.8 Å². The molecule has 1 aromatic rings. The van der Waals surface area contributed by atoms with Crippen molar-refractivity contribution in [3.63, 3.8) is 0 Å². The van der Waals surface area contributed by atoms with E-state index in [1.807, 2.05) is 13.8 Å². The Labute approximate surface area is 119 Å². The maximum atomic E-state index is 12.2. The fourth-order valence-corrected chi connectivity index (χ4v) is 2.46. The van der Waals surface area contributed by atoms with Gasteiger partial charge >= 0.3 is 0 Å². The number of carbonyl (C=O) groups excluding carboxylic acids is 1. The van der Waals surface area contributed by atoms with Crippen molar-refractivity contribution in [3.05, 3.63) is 11.7 Å². The van der Waals surface area contributed by atoms with Crippen LogP contribution in [0.3, 0.4) is 0 Å². The van der Waals surface area contributed by atoms with Crippen molar-refractivity contribution in [3.8, 4) is 0 Å². The lowest BCUT2D eigenvalue weighted by Gasteiger charge is -2.21. The highest BCUT2D eigenvalue weighted by atomic mass is 16.5. The molecule has 1 saturated carbocycles. The average molecular weight is 281 g/mol. The molecular weight excluding hydrogens is 258 g/mol. The van der Waals surface area contributed by atoms with Crippen molar-refractivity contribution in [1.29, 1.82) is 0 Å². The lowest BCUT2D eigenvalue weighted by atomic mass is 10.2. The second-order valence-corrected chi connectivity index (χ2v) is 5.35. The molecule has 0 aromatic carbocycles. The highest BCUT2D eigenvalue weighted by molar-refractivity contribution is 5.81. The number of nitrogens with one attached hydrogen (secondary N) is 1. The molecule has 0 bridgehead atoms. The van der Waals surface area contributed by atoms with Crippen LogP contribution in [0, 0.1) is 6.92 Å². The van der Waals surface area contributed by atoms with Gasteiger partial charge in [-0.15, -0.1) is 0 Å². The summed E-state index contributed by atoms with van der Waals surface area (Å²) in [4.78, 5) is 16.3. The highest BCUT2D eigenvalue weighted by Crippen LogP contribution is 2.23. The molecule has 0 spiro atoms.